The summed E-state index contributed by atoms with van der Waals surface area (Å²) >= 11 is 9.72. The molecular weight excluding hydrogens is 348 g/mol. The molecule has 2 rings (SSSR count). The fourth-order valence-electron chi connectivity index (χ4n) is 3.33. The smallest absolute Gasteiger partial charge is 0.0464 e. The van der Waals surface area contributed by atoms with E-state index in [1.54, 1.807) is 0 Å². The molecular formula is C17H26BrClN2. The number of halogens is 2. The van der Waals surface area contributed by atoms with Gasteiger partial charge in [-0.15, -0.1) is 0 Å². The highest BCUT2D eigenvalue weighted by Gasteiger charge is 2.34. The second-order valence-corrected chi connectivity index (χ2v) is 7.62. The Bertz CT molecular complexity index is 474. The lowest BCUT2D eigenvalue weighted by Crippen LogP contribution is -2.29. The van der Waals surface area contributed by atoms with Gasteiger partial charge in [-0.1, -0.05) is 47.4 Å². The fourth-order valence-corrected chi connectivity index (χ4v) is 4.14. The standard InChI is InChI=1S/C17H26BrClN2/c1-3-17(4-2)8-10-21(12-17)9-7-16(20)14-6-5-13(18)11-15(14)19/h5-6,11,16H,3-4,7-10,12,20H2,1-2H3. The molecule has 0 aromatic heterocycles. The van der Waals surface area contributed by atoms with Crippen molar-refractivity contribution in [2.75, 3.05) is 19.6 Å². The lowest BCUT2D eigenvalue weighted by atomic mass is 9.82. The van der Waals surface area contributed by atoms with Gasteiger partial charge in [0.05, 0.1) is 0 Å². The number of nitrogens with two attached hydrogens (primary N) is 1. The van der Waals surface area contributed by atoms with E-state index in [9.17, 15) is 0 Å². The maximum Gasteiger partial charge on any atom is 0.0464 e. The van der Waals surface area contributed by atoms with Crippen molar-refractivity contribution in [3.05, 3.63) is 33.3 Å². The average Bonchev–Trinajstić information content (AvgIpc) is 2.89. The lowest BCUT2D eigenvalue weighted by molar-refractivity contribution is 0.236. The van der Waals surface area contributed by atoms with Crippen molar-refractivity contribution in [2.45, 2.75) is 45.6 Å². The summed E-state index contributed by atoms with van der Waals surface area (Å²) in [6.07, 6.45) is 4.86. The molecule has 0 radical (unpaired) electrons. The molecule has 1 unspecified atom stereocenters. The third kappa shape index (κ3) is 4.22. The van der Waals surface area contributed by atoms with E-state index in [-0.39, 0.29) is 6.04 Å². The molecule has 1 aromatic carbocycles. The van der Waals surface area contributed by atoms with E-state index in [0.717, 1.165) is 28.0 Å². The third-order valence-electron chi connectivity index (χ3n) is 5.14. The summed E-state index contributed by atoms with van der Waals surface area (Å²) in [7, 11) is 0. The van der Waals surface area contributed by atoms with Crippen molar-refractivity contribution in [3.8, 4) is 0 Å². The van der Waals surface area contributed by atoms with Crippen LogP contribution in [0.5, 0.6) is 0 Å². The molecule has 1 aliphatic heterocycles. The van der Waals surface area contributed by atoms with E-state index in [1.807, 2.05) is 18.2 Å². The van der Waals surface area contributed by atoms with Crippen molar-refractivity contribution in [2.24, 2.45) is 11.1 Å². The van der Waals surface area contributed by atoms with Crippen molar-refractivity contribution < 1.29 is 0 Å². The predicted octanol–water partition coefficient (Wildman–Crippen LogP) is 5.00. The van der Waals surface area contributed by atoms with Crippen LogP contribution in [-0.4, -0.2) is 24.5 Å². The second kappa shape index (κ2) is 7.45. The Hall–Kier alpha value is -0.0900. The predicted molar refractivity (Wildman–Crippen MR) is 94.8 cm³/mol. The van der Waals surface area contributed by atoms with Crippen molar-refractivity contribution in [1.29, 1.82) is 0 Å². The summed E-state index contributed by atoms with van der Waals surface area (Å²) in [5.74, 6) is 0. The van der Waals surface area contributed by atoms with Gasteiger partial charge in [-0.3, -0.25) is 0 Å². The summed E-state index contributed by atoms with van der Waals surface area (Å²) in [6, 6.07) is 5.98. The lowest BCUT2D eigenvalue weighted by Gasteiger charge is -2.27. The summed E-state index contributed by atoms with van der Waals surface area (Å²) in [4.78, 5) is 2.57. The molecule has 21 heavy (non-hydrogen) atoms. The highest BCUT2D eigenvalue weighted by atomic mass is 79.9. The van der Waals surface area contributed by atoms with Gasteiger partial charge in [0.2, 0.25) is 0 Å². The Labute approximate surface area is 142 Å². The van der Waals surface area contributed by atoms with Gasteiger partial charge in [0.15, 0.2) is 0 Å². The van der Waals surface area contributed by atoms with Gasteiger partial charge in [-0.25, -0.2) is 0 Å². The van der Waals surface area contributed by atoms with E-state index < -0.39 is 0 Å². The maximum absolute atomic E-state index is 6.33. The average molecular weight is 374 g/mol. The molecule has 1 heterocycles. The van der Waals surface area contributed by atoms with E-state index in [1.165, 1.54) is 32.4 Å². The van der Waals surface area contributed by atoms with Crippen LogP contribution in [-0.2, 0) is 0 Å². The minimum Gasteiger partial charge on any atom is -0.324 e. The normalized spacial score (nSPS) is 19.9. The van der Waals surface area contributed by atoms with Gasteiger partial charge in [-0.2, -0.15) is 0 Å². The number of hydrogen-bond donors (Lipinski definition) is 1. The number of hydrogen-bond acceptors (Lipinski definition) is 2. The summed E-state index contributed by atoms with van der Waals surface area (Å²) in [5, 5.41) is 0.759. The molecule has 1 atom stereocenters. The molecule has 0 aliphatic carbocycles. The van der Waals surface area contributed by atoms with Gasteiger partial charge in [0, 0.05) is 22.1 Å². The number of rotatable bonds is 6. The first-order chi connectivity index (χ1) is 9.99. The summed E-state index contributed by atoms with van der Waals surface area (Å²) < 4.78 is 0.999. The van der Waals surface area contributed by atoms with Crippen molar-refractivity contribution >= 4 is 27.5 Å². The highest BCUT2D eigenvalue weighted by Crippen LogP contribution is 2.37. The maximum atomic E-state index is 6.33. The van der Waals surface area contributed by atoms with Crippen LogP contribution >= 0.6 is 27.5 Å². The quantitative estimate of drug-likeness (QED) is 0.760. The van der Waals surface area contributed by atoms with Gasteiger partial charge in [0.1, 0.15) is 0 Å². The molecule has 1 fully saturated rings. The Balaban J connectivity index is 1.89. The largest absolute Gasteiger partial charge is 0.324 e. The number of benzene rings is 1. The molecule has 118 valence electrons. The van der Waals surface area contributed by atoms with Gasteiger partial charge in [-0.05, 0) is 61.9 Å². The van der Waals surface area contributed by atoms with E-state index in [2.05, 4.69) is 34.7 Å². The third-order valence-corrected chi connectivity index (χ3v) is 5.96. The molecule has 0 amide bonds. The zero-order valence-corrected chi connectivity index (χ0v) is 15.4. The number of nitrogens with zero attached hydrogens (tertiary/aromatic N) is 1. The molecule has 0 saturated carbocycles. The van der Waals surface area contributed by atoms with Gasteiger partial charge < -0.3 is 10.6 Å². The summed E-state index contributed by atoms with van der Waals surface area (Å²) in [5.41, 5.74) is 7.92. The van der Waals surface area contributed by atoms with Gasteiger partial charge >= 0.3 is 0 Å². The van der Waals surface area contributed by atoms with E-state index in [4.69, 9.17) is 17.3 Å². The molecule has 1 saturated heterocycles. The van der Waals surface area contributed by atoms with Crippen LogP contribution in [0.15, 0.2) is 22.7 Å². The Kier molecular flexibility index (Phi) is 6.13. The molecule has 4 heteroatoms. The summed E-state index contributed by atoms with van der Waals surface area (Å²) in [6.45, 7) is 8.14. The minimum atomic E-state index is 0.0175. The van der Waals surface area contributed by atoms with Gasteiger partial charge in [0.25, 0.3) is 0 Å². The van der Waals surface area contributed by atoms with Crippen LogP contribution in [0.4, 0.5) is 0 Å². The Morgan fingerprint density at radius 3 is 2.67 bits per heavy atom. The second-order valence-electron chi connectivity index (χ2n) is 6.29. The Morgan fingerprint density at radius 2 is 2.10 bits per heavy atom. The molecule has 0 spiro atoms. The molecule has 0 bridgehead atoms. The van der Waals surface area contributed by atoms with Crippen molar-refractivity contribution in [3.63, 3.8) is 0 Å². The van der Waals surface area contributed by atoms with E-state index in [0.29, 0.717) is 5.41 Å². The van der Waals surface area contributed by atoms with Crippen LogP contribution in [0.25, 0.3) is 0 Å². The Morgan fingerprint density at radius 1 is 1.38 bits per heavy atom. The SMILES string of the molecule is CCC1(CC)CCN(CCC(N)c2ccc(Br)cc2Cl)C1. The first-order valence-corrected chi connectivity index (χ1v) is 9.09. The zero-order chi connectivity index (χ0) is 15.5. The highest BCUT2D eigenvalue weighted by molar-refractivity contribution is 9.10. The molecule has 2 N–H and O–H groups in total. The van der Waals surface area contributed by atoms with Crippen LogP contribution in [0, 0.1) is 5.41 Å². The van der Waals surface area contributed by atoms with E-state index >= 15 is 0 Å². The van der Waals surface area contributed by atoms with Crippen LogP contribution in [0.1, 0.15) is 51.1 Å². The molecule has 1 aromatic rings. The first kappa shape index (κ1) is 17.3. The van der Waals surface area contributed by atoms with Crippen LogP contribution < -0.4 is 5.73 Å². The van der Waals surface area contributed by atoms with Crippen LogP contribution in [0.3, 0.4) is 0 Å². The van der Waals surface area contributed by atoms with Crippen molar-refractivity contribution in [1.82, 2.24) is 4.90 Å². The number of likely N-dealkylation sites (tertiary alicyclic amines) is 1. The zero-order valence-electron chi connectivity index (χ0n) is 13.0. The topological polar surface area (TPSA) is 29.3 Å². The van der Waals surface area contributed by atoms with Crippen LogP contribution in [0.2, 0.25) is 5.02 Å². The molecule has 1 aliphatic rings. The monoisotopic (exact) mass is 372 g/mol. The minimum absolute atomic E-state index is 0.0175. The first-order valence-electron chi connectivity index (χ1n) is 7.92. The molecule has 2 nitrogen and oxygen atoms in total. The fraction of sp³-hybridized carbons (Fsp3) is 0.647.